The Bertz CT molecular complexity index is 176. The summed E-state index contributed by atoms with van der Waals surface area (Å²) in [5, 5.41) is 10.3. The minimum absolute atomic E-state index is 0.259. The first kappa shape index (κ1) is 5.33. The maximum atomic E-state index is 10.2. The number of rotatable bonds is 0. The van der Waals surface area contributed by atoms with Crippen molar-refractivity contribution in [3.8, 4) is 0 Å². The predicted octanol–water partition coefficient (Wildman–Crippen LogP) is 0.335. The van der Waals surface area contributed by atoms with Gasteiger partial charge < -0.3 is 5.21 Å². The standard InChI is InChI=1S/C3H2N2O2S/c6-4-1-2-5(7)3(4)8/h1-2H. The van der Waals surface area contributed by atoms with Crippen molar-refractivity contribution in [2.24, 2.45) is 0 Å². The zero-order valence-electron chi connectivity index (χ0n) is 3.77. The minimum atomic E-state index is -0.259. The van der Waals surface area contributed by atoms with E-state index in [1.807, 2.05) is 0 Å². The molecule has 1 rings (SSSR count). The van der Waals surface area contributed by atoms with Crippen molar-refractivity contribution in [1.82, 2.24) is 5.06 Å². The summed E-state index contributed by atoms with van der Waals surface area (Å²) in [7, 11) is 0. The van der Waals surface area contributed by atoms with Crippen molar-refractivity contribution >= 4 is 17.3 Å². The number of nitroso groups, excluding NO2 is 1. The van der Waals surface area contributed by atoms with Gasteiger partial charge in [-0.25, -0.2) is 0 Å². The molecule has 0 N–H and O–H groups in total. The topological polar surface area (TPSA) is 46.4 Å². The molecule has 1 aliphatic rings. The molecular weight excluding hydrogens is 128 g/mol. The van der Waals surface area contributed by atoms with Gasteiger partial charge in [-0.05, 0) is 0 Å². The third-order valence-corrected chi connectivity index (χ3v) is 1.07. The van der Waals surface area contributed by atoms with Crippen LogP contribution in [0.2, 0.25) is 0 Å². The van der Waals surface area contributed by atoms with E-state index in [9.17, 15) is 10.1 Å². The highest BCUT2D eigenvalue weighted by molar-refractivity contribution is 7.79. The van der Waals surface area contributed by atoms with Gasteiger partial charge >= 0.3 is 5.11 Å². The fraction of sp³-hybridized carbons (Fsp3) is 0. The number of hydrogen-bond acceptors (Lipinski definition) is 3. The van der Waals surface area contributed by atoms with Gasteiger partial charge in [0.2, 0.25) is 0 Å². The van der Waals surface area contributed by atoms with Crippen LogP contribution in [0, 0.1) is 10.1 Å². The first-order chi connectivity index (χ1) is 3.72. The van der Waals surface area contributed by atoms with Crippen molar-refractivity contribution in [3.05, 3.63) is 22.5 Å². The van der Waals surface area contributed by atoms with Crippen molar-refractivity contribution < 1.29 is 4.76 Å². The van der Waals surface area contributed by atoms with Gasteiger partial charge in [-0.3, -0.25) is 5.06 Å². The Balaban J connectivity index is 2.85. The van der Waals surface area contributed by atoms with Crippen LogP contribution in [0.4, 0.5) is 0 Å². The summed E-state index contributed by atoms with van der Waals surface area (Å²) in [5.41, 5.74) is 0. The second-order valence-electron chi connectivity index (χ2n) is 1.23. The van der Waals surface area contributed by atoms with Gasteiger partial charge in [0.05, 0.1) is 0 Å². The second kappa shape index (κ2) is 1.61. The van der Waals surface area contributed by atoms with Gasteiger partial charge in [0, 0.05) is 17.0 Å². The van der Waals surface area contributed by atoms with Crippen LogP contribution in [0.1, 0.15) is 0 Å². The predicted molar refractivity (Wildman–Crippen MR) is 30.6 cm³/mol. The van der Waals surface area contributed by atoms with Crippen LogP contribution in [0.5, 0.6) is 0 Å². The van der Waals surface area contributed by atoms with Crippen LogP contribution in [0.25, 0.3) is 0 Å². The zero-order valence-corrected chi connectivity index (χ0v) is 4.59. The molecule has 8 heavy (non-hydrogen) atoms. The van der Waals surface area contributed by atoms with Crippen LogP contribution >= 0.6 is 12.2 Å². The first-order valence-corrected chi connectivity index (χ1v) is 2.27. The molecule has 1 aliphatic heterocycles. The van der Waals surface area contributed by atoms with Crippen LogP contribution in [0.3, 0.4) is 0 Å². The maximum Gasteiger partial charge on any atom is 0.390 e. The van der Waals surface area contributed by atoms with E-state index in [0.717, 1.165) is 12.4 Å². The van der Waals surface area contributed by atoms with Gasteiger partial charge in [-0.2, -0.15) is 0 Å². The summed E-state index contributed by atoms with van der Waals surface area (Å²) in [5.74, 6) is 0. The Morgan fingerprint density at radius 3 is 2.62 bits per heavy atom. The molecule has 5 heteroatoms. The van der Waals surface area contributed by atoms with E-state index in [-0.39, 0.29) is 5.11 Å². The average molecular weight is 130 g/mol. The maximum absolute atomic E-state index is 10.2. The largest absolute Gasteiger partial charge is 0.649 e. The molecule has 0 saturated carbocycles. The third-order valence-electron chi connectivity index (χ3n) is 0.715. The molecule has 0 saturated heterocycles. The molecule has 0 fully saturated rings. The molecule has 0 amide bonds. The fourth-order valence-corrected chi connectivity index (χ4v) is 0.467. The average Bonchev–Trinajstić information content (AvgIpc) is 1.98. The Morgan fingerprint density at radius 2 is 2.50 bits per heavy atom. The number of hydrogen-bond donors (Lipinski definition) is 0. The van der Waals surface area contributed by atoms with Gasteiger partial charge in [-0.15, -0.1) is 0 Å². The van der Waals surface area contributed by atoms with Crippen molar-refractivity contribution in [1.29, 1.82) is 0 Å². The number of hydroxylamine groups is 2. The van der Waals surface area contributed by atoms with Crippen molar-refractivity contribution in [2.45, 2.75) is 0 Å². The highest BCUT2D eigenvalue weighted by Gasteiger charge is 2.20. The lowest BCUT2D eigenvalue weighted by molar-refractivity contribution is -0.345. The molecule has 0 atom stereocenters. The molecular formula is C3H2N2O2S. The molecule has 0 radical (unpaired) electrons. The monoisotopic (exact) mass is 130 g/mol. The lowest BCUT2D eigenvalue weighted by Crippen LogP contribution is -2.17. The van der Waals surface area contributed by atoms with E-state index in [0.29, 0.717) is 9.82 Å². The minimum Gasteiger partial charge on any atom is -0.649 e. The number of thiocarbonyl (C=S) groups is 1. The summed E-state index contributed by atoms with van der Waals surface area (Å²) in [6, 6.07) is 0. The number of nitrogens with zero attached hydrogens (tertiary/aromatic N) is 2. The summed E-state index contributed by atoms with van der Waals surface area (Å²) in [6.07, 6.45) is 2.13. The Morgan fingerprint density at radius 1 is 1.88 bits per heavy atom. The lowest BCUT2D eigenvalue weighted by atomic mass is 11.0. The van der Waals surface area contributed by atoms with Crippen LogP contribution < -0.4 is 0 Å². The molecule has 0 unspecified atom stereocenters. The Hall–Kier alpha value is -0.810. The van der Waals surface area contributed by atoms with Crippen LogP contribution in [-0.2, 0) is 0 Å². The molecule has 42 valence electrons. The van der Waals surface area contributed by atoms with Gasteiger partial charge in [-0.1, -0.05) is 4.91 Å². The molecule has 4 nitrogen and oxygen atoms in total. The summed E-state index contributed by atoms with van der Waals surface area (Å²) >= 11 is 4.33. The van der Waals surface area contributed by atoms with E-state index >= 15 is 0 Å². The van der Waals surface area contributed by atoms with Crippen molar-refractivity contribution in [2.75, 3.05) is 0 Å². The summed E-state index contributed by atoms with van der Waals surface area (Å²) in [4.78, 5) is 10.2. The molecule has 0 bridgehead atoms. The highest BCUT2D eigenvalue weighted by Crippen LogP contribution is 2.00. The Labute approximate surface area is 50.5 Å². The van der Waals surface area contributed by atoms with E-state index in [4.69, 9.17) is 0 Å². The van der Waals surface area contributed by atoms with E-state index in [1.54, 1.807) is 0 Å². The van der Waals surface area contributed by atoms with Crippen LogP contribution in [0.15, 0.2) is 12.4 Å². The fourth-order valence-electron chi connectivity index (χ4n) is 0.346. The SMILES string of the molecule is O=[N+]1C=CN([O-])C1=S. The third kappa shape index (κ3) is 0.613. The van der Waals surface area contributed by atoms with E-state index < -0.39 is 0 Å². The van der Waals surface area contributed by atoms with Gasteiger partial charge in [0.25, 0.3) is 0 Å². The zero-order chi connectivity index (χ0) is 6.15. The normalized spacial score (nSPS) is 18.4. The molecule has 0 aromatic rings. The van der Waals surface area contributed by atoms with Crippen LogP contribution in [-0.4, -0.2) is 14.9 Å². The van der Waals surface area contributed by atoms with Crippen molar-refractivity contribution in [3.63, 3.8) is 0 Å². The Kier molecular flexibility index (Phi) is 1.07. The highest BCUT2D eigenvalue weighted by atomic mass is 32.1. The lowest BCUT2D eigenvalue weighted by Gasteiger charge is -2.05. The first-order valence-electron chi connectivity index (χ1n) is 1.87. The van der Waals surface area contributed by atoms with Gasteiger partial charge in [0.1, 0.15) is 6.20 Å². The quantitative estimate of drug-likeness (QED) is 0.350. The van der Waals surface area contributed by atoms with Gasteiger partial charge in [0.15, 0.2) is 6.20 Å². The summed E-state index contributed by atoms with van der Waals surface area (Å²) in [6.45, 7) is 0. The van der Waals surface area contributed by atoms with E-state index in [2.05, 4.69) is 12.2 Å². The molecule has 1 heterocycles. The summed E-state index contributed by atoms with van der Waals surface area (Å²) < 4.78 is 0.336. The second-order valence-corrected chi connectivity index (χ2v) is 1.60. The van der Waals surface area contributed by atoms with E-state index in [1.165, 1.54) is 0 Å². The molecule has 0 aromatic carbocycles. The molecule has 0 aromatic heterocycles. The smallest absolute Gasteiger partial charge is 0.390 e. The molecule has 0 spiro atoms. The molecule has 0 aliphatic carbocycles.